The summed E-state index contributed by atoms with van der Waals surface area (Å²) in [6.45, 7) is 2.16. The summed E-state index contributed by atoms with van der Waals surface area (Å²) < 4.78 is 5.15. The molecule has 0 amide bonds. The van der Waals surface area contributed by atoms with Crippen LogP contribution in [-0.2, 0) is 0 Å². The van der Waals surface area contributed by atoms with E-state index in [1.54, 1.807) is 7.11 Å². The zero-order chi connectivity index (χ0) is 11.3. The van der Waals surface area contributed by atoms with Crippen molar-refractivity contribution in [1.82, 2.24) is 0 Å². The maximum absolute atomic E-state index is 6.06. The van der Waals surface area contributed by atoms with Crippen molar-refractivity contribution in [3.05, 3.63) is 28.8 Å². The molecule has 0 fully saturated rings. The zero-order valence-electron chi connectivity index (χ0n) is 9.29. The van der Waals surface area contributed by atoms with Crippen molar-refractivity contribution in [2.75, 3.05) is 7.11 Å². The number of hydrogen-bond acceptors (Lipinski definition) is 2. The predicted molar refractivity (Wildman–Crippen MR) is 64.5 cm³/mol. The third kappa shape index (κ3) is 3.40. The molecule has 3 heteroatoms. The molecule has 2 N–H and O–H groups in total. The number of methoxy groups -OCH3 is 1. The van der Waals surface area contributed by atoms with E-state index >= 15 is 0 Å². The highest BCUT2D eigenvalue weighted by Crippen LogP contribution is 2.28. The van der Waals surface area contributed by atoms with E-state index in [1.165, 1.54) is 6.42 Å². The Balaban J connectivity index is 2.76. The van der Waals surface area contributed by atoms with Gasteiger partial charge in [0, 0.05) is 6.04 Å². The summed E-state index contributed by atoms with van der Waals surface area (Å²) in [5.41, 5.74) is 7.14. The van der Waals surface area contributed by atoms with E-state index in [9.17, 15) is 0 Å². The summed E-state index contributed by atoms with van der Waals surface area (Å²) in [6.07, 6.45) is 3.31. The van der Waals surface area contributed by atoms with Gasteiger partial charge in [0.15, 0.2) is 0 Å². The largest absolute Gasteiger partial charge is 0.495 e. The van der Waals surface area contributed by atoms with Crippen LogP contribution in [0.2, 0.25) is 5.02 Å². The fraction of sp³-hybridized carbons (Fsp3) is 0.500. The number of ether oxygens (including phenoxy) is 1. The monoisotopic (exact) mass is 227 g/mol. The van der Waals surface area contributed by atoms with E-state index in [0.29, 0.717) is 10.8 Å². The lowest BCUT2D eigenvalue weighted by Crippen LogP contribution is -2.10. The van der Waals surface area contributed by atoms with Crippen LogP contribution in [0.25, 0.3) is 0 Å². The Morgan fingerprint density at radius 3 is 2.80 bits per heavy atom. The van der Waals surface area contributed by atoms with Crippen molar-refractivity contribution in [3.8, 4) is 5.75 Å². The molecule has 1 aromatic rings. The standard InChI is InChI=1S/C12H18ClNO/c1-3-4-5-11(14)9-6-7-10(13)12(8-9)15-2/h6-8,11H,3-5,14H2,1-2H3/t11-/m0/s1. The van der Waals surface area contributed by atoms with Crippen LogP contribution in [0.3, 0.4) is 0 Å². The van der Waals surface area contributed by atoms with Crippen molar-refractivity contribution in [1.29, 1.82) is 0 Å². The second-order valence-corrected chi connectivity index (χ2v) is 4.05. The summed E-state index contributed by atoms with van der Waals surface area (Å²) in [5, 5.41) is 0.629. The van der Waals surface area contributed by atoms with Crippen LogP contribution in [0.4, 0.5) is 0 Å². The molecule has 1 aromatic carbocycles. The SMILES string of the molecule is CCCC[C@H](N)c1ccc(Cl)c(OC)c1. The average Bonchev–Trinajstić information content (AvgIpc) is 2.26. The molecule has 0 radical (unpaired) electrons. The molecule has 1 atom stereocenters. The summed E-state index contributed by atoms with van der Waals surface area (Å²) in [4.78, 5) is 0. The molecule has 2 nitrogen and oxygen atoms in total. The first-order valence-electron chi connectivity index (χ1n) is 5.28. The third-order valence-corrected chi connectivity index (χ3v) is 2.78. The molecule has 0 heterocycles. The minimum absolute atomic E-state index is 0.0797. The van der Waals surface area contributed by atoms with Gasteiger partial charge in [-0.05, 0) is 24.1 Å². The minimum atomic E-state index is 0.0797. The second-order valence-electron chi connectivity index (χ2n) is 3.64. The summed E-state index contributed by atoms with van der Waals surface area (Å²) in [5.74, 6) is 0.695. The smallest absolute Gasteiger partial charge is 0.137 e. The van der Waals surface area contributed by atoms with E-state index in [1.807, 2.05) is 18.2 Å². The highest BCUT2D eigenvalue weighted by Gasteiger charge is 2.08. The van der Waals surface area contributed by atoms with Crippen molar-refractivity contribution in [2.24, 2.45) is 5.73 Å². The number of hydrogen-bond donors (Lipinski definition) is 1. The minimum Gasteiger partial charge on any atom is -0.495 e. The van der Waals surface area contributed by atoms with Gasteiger partial charge in [0.05, 0.1) is 12.1 Å². The molecule has 1 rings (SSSR count). The first-order valence-corrected chi connectivity index (χ1v) is 5.65. The van der Waals surface area contributed by atoms with Gasteiger partial charge in [-0.25, -0.2) is 0 Å². The molecular formula is C12H18ClNO. The molecule has 0 unspecified atom stereocenters. The third-order valence-electron chi connectivity index (χ3n) is 2.47. The lowest BCUT2D eigenvalue weighted by atomic mass is 10.0. The molecular weight excluding hydrogens is 210 g/mol. The van der Waals surface area contributed by atoms with Crippen LogP contribution >= 0.6 is 11.6 Å². The van der Waals surface area contributed by atoms with E-state index in [0.717, 1.165) is 18.4 Å². The van der Waals surface area contributed by atoms with Crippen molar-refractivity contribution in [2.45, 2.75) is 32.2 Å². The van der Waals surface area contributed by atoms with E-state index in [2.05, 4.69) is 6.92 Å². The number of nitrogens with two attached hydrogens (primary N) is 1. The van der Waals surface area contributed by atoms with Gasteiger partial charge in [0.25, 0.3) is 0 Å². The van der Waals surface area contributed by atoms with Gasteiger partial charge < -0.3 is 10.5 Å². The Hall–Kier alpha value is -0.730. The van der Waals surface area contributed by atoms with Gasteiger partial charge in [-0.2, -0.15) is 0 Å². The molecule has 0 saturated heterocycles. The molecule has 0 bridgehead atoms. The van der Waals surface area contributed by atoms with Crippen LogP contribution in [0.1, 0.15) is 37.8 Å². The van der Waals surface area contributed by atoms with Gasteiger partial charge >= 0.3 is 0 Å². The topological polar surface area (TPSA) is 35.2 Å². The summed E-state index contributed by atoms with van der Waals surface area (Å²) in [6, 6.07) is 5.80. The van der Waals surface area contributed by atoms with E-state index < -0.39 is 0 Å². The molecule has 0 aromatic heterocycles. The van der Waals surface area contributed by atoms with Crippen LogP contribution in [0, 0.1) is 0 Å². The number of halogens is 1. The summed E-state index contributed by atoms with van der Waals surface area (Å²) in [7, 11) is 1.61. The normalized spacial score (nSPS) is 12.5. The quantitative estimate of drug-likeness (QED) is 0.835. The van der Waals surface area contributed by atoms with Crippen LogP contribution < -0.4 is 10.5 Å². The van der Waals surface area contributed by atoms with Gasteiger partial charge in [-0.1, -0.05) is 37.4 Å². The molecule has 15 heavy (non-hydrogen) atoms. The van der Waals surface area contributed by atoms with Crippen LogP contribution in [0.15, 0.2) is 18.2 Å². The maximum atomic E-state index is 6.06. The van der Waals surface area contributed by atoms with Crippen LogP contribution in [0.5, 0.6) is 5.75 Å². The highest BCUT2D eigenvalue weighted by molar-refractivity contribution is 6.32. The Morgan fingerprint density at radius 1 is 1.47 bits per heavy atom. The Labute approximate surface area is 96.4 Å². The van der Waals surface area contributed by atoms with Gasteiger partial charge in [-0.3, -0.25) is 0 Å². The van der Waals surface area contributed by atoms with Crippen LogP contribution in [-0.4, -0.2) is 7.11 Å². The molecule has 0 saturated carbocycles. The average molecular weight is 228 g/mol. The lowest BCUT2D eigenvalue weighted by molar-refractivity contribution is 0.413. The number of benzene rings is 1. The molecule has 84 valence electrons. The number of rotatable bonds is 5. The van der Waals surface area contributed by atoms with E-state index in [4.69, 9.17) is 22.1 Å². The molecule has 0 aliphatic carbocycles. The summed E-state index contributed by atoms with van der Waals surface area (Å²) >= 11 is 5.94. The van der Waals surface area contributed by atoms with Crippen molar-refractivity contribution >= 4 is 11.6 Å². The molecule has 0 spiro atoms. The van der Waals surface area contributed by atoms with Gasteiger partial charge in [-0.15, -0.1) is 0 Å². The number of unbranched alkanes of at least 4 members (excludes halogenated alkanes) is 1. The fourth-order valence-corrected chi connectivity index (χ4v) is 1.69. The fourth-order valence-electron chi connectivity index (χ4n) is 1.50. The first kappa shape index (κ1) is 12.3. The highest BCUT2D eigenvalue weighted by atomic mass is 35.5. The molecule has 0 aliphatic heterocycles. The maximum Gasteiger partial charge on any atom is 0.137 e. The predicted octanol–water partition coefficient (Wildman–Crippen LogP) is 3.54. The Kier molecular flexibility index (Phi) is 4.92. The second kappa shape index (κ2) is 5.99. The van der Waals surface area contributed by atoms with Gasteiger partial charge in [0.1, 0.15) is 5.75 Å². The zero-order valence-corrected chi connectivity index (χ0v) is 10.1. The van der Waals surface area contributed by atoms with Crippen molar-refractivity contribution < 1.29 is 4.74 Å². The molecule has 0 aliphatic rings. The Morgan fingerprint density at radius 2 is 2.20 bits per heavy atom. The van der Waals surface area contributed by atoms with E-state index in [-0.39, 0.29) is 6.04 Å². The van der Waals surface area contributed by atoms with Crippen molar-refractivity contribution in [3.63, 3.8) is 0 Å². The lowest BCUT2D eigenvalue weighted by Gasteiger charge is -2.13. The first-order chi connectivity index (χ1) is 7.19. The Bertz CT molecular complexity index is 314. The van der Waals surface area contributed by atoms with Gasteiger partial charge in [0.2, 0.25) is 0 Å².